The van der Waals surface area contributed by atoms with Crippen LogP contribution in [0.5, 0.6) is 0 Å². The van der Waals surface area contributed by atoms with Crippen molar-refractivity contribution in [3.63, 3.8) is 0 Å². The van der Waals surface area contributed by atoms with Crippen LogP contribution >= 0.6 is 0 Å². The number of rotatable bonds is 6. The van der Waals surface area contributed by atoms with Crippen LogP contribution in [0.1, 0.15) is 25.3 Å². The lowest BCUT2D eigenvalue weighted by Gasteiger charge is -2.23. The lowest BCUT2D eigenvalue weighted by molar-refractivity contribution is -0.387. The monoisotopic (exact) mass is 281 g/mol. The minimum absolute atomic E-state index is 0.321. The second kappa shape index (κ2) is 6.76. The molecule has 1 heterocycles. The van der Waals surface area contributed by atoms with E-state index in [1.165, 1.54) is 18.6 Å². The fourth-order valence-electron chi connectivity index (χ4n) is 2.76. The molecule has 1 atom stereocenters. The molecule has 6 heteroatoms. The fraction of sp³-hybridized carbons (Fsp3) is 0.571. The normalized spacial score (nSPS) is 19.4. The molecule has 0 bridgehead atoms. The Balaban J connectivity index is 1.91. The summed E-state index contributed by atoms with van der Waals surface area (Å²) in [6, 6.07) is 4.78. The first kappa shape index (κ1) is 14.9. The van der Waals surface area contributed by atoms with E-state index in [9.17, 15) is 14.5 Å². The maximum Gasteiger partial charge on any atom is 0.305 e. The number of nitro benzene ring substituents is 1. The standard InChI is InChI=1S/C14H20FN3O2/c1-2-17-8-4-6-12(17)10-16-9-11-5-3-7-13(14(11)15)18(19)20/h3,5,7,12,16H,2,4,6,8-10H2,1H3. The number of hydrogen-bond acceptors (Lipinski definition) is 4. The van der Waals surface area contributed by atoms with E-state index < -0.39 is 16.4 Å². The van der Waals surface area contributed by atoms with Crippen LogP contribution in [0.3, 0.4) is 0 Å². The molecule has 1 aliphatic heterocycles. The van der Waals surface area contributed by atoms with Crippen molar-refractivity contribution in [2.45, 2.75) is 32.4 Å². The van der Waals surface area contributed by atoms with Gasteiger partial charge in [0.2, 0.25) is 5.82 Å². The van der Waals surface area contributed by atoms with Crippen LogP contribution in [0.25, 0.3) is 0 Å². The van der Waals surface area contributed by atoms with E-state index >= 15 is 0 Å². The lowest BCUT2D eigenvalue weighted by atomic mass is 10.1. The second-order valence-electron chi connectivity index (χ2n) is 5.06. The van der Waals surface area contributed by atoms with E-state index in [1.807, 2.05) is 0 Å². The Labute approximate surface area is 117 Å². The first-order valence-corrected chi connectivity index (χ1v) is 7.00. The molecule has 1 aromatic rings. The van der Waals surface area contributed by atoms with Gasteiger partial charge in [0.05, 0.1) is 4.92 Å². The van der Waals surface area contributed by atoms with Crippen molar-refractivity contribution in [2.75, 3.05) is 19.6 Å². The maximum atomic E-state index is 13.9. The molecule has 1 fully saturated rings. The number of nitrogens with zero attached hydrogens (tertiary/aromatic N) is 2. The van der Waals surface area contributed by atoms with Crippen LogP contribution in [0.2, 0.25) is 0 Å². The molecule has 1 aromatic carbocycles. The van der Waals surface area contributed by atoms with Crippen LogP contribution in [0.15, 0.2) is 18.2 Å². The van der Waals surface area contributed by atoms with E-state index in [1.54, 1.807) is 6.07 Å². The molecule has 0 spiro atoms. The summed E-state index contributed by atoms with van der Waals surface area (Å²) in [5, 5.41) is 13.9. The Morgan fingerprint density at radius 1 is 1.55 bits per heavy atom. The highest BCUT2D eigenvalue weighted by atomic mass is 19.1. The predicted octanol–water partition coefficient (Wildman–Crippen LogP) is 2.31. The quantitative estimate of drug-likeness (QED) is 0.642. The third-order valence-corrected chi connectivity index (χ3v) is 3.86. The van der Waals surface area contributed by atoms with Gasteiger partial charge in [-0.3, -0.25) is 15.0 Å². The van der Waals surface area contributed by atoms with Gasteiger partial charge in [0.15, 0.2) is 0 Å². The summed E-state index contributed by atoms with van der Waals surface area (Å²) in [7, 11) is 0. The van der Waals surface area contributed by atoms with E-state index in [0.29, 0.717) is 18.2 Å². The third kappa shape index (κ3) is 3.32. The van der Waals surface area contributed by atoms with Crippen molar-refractivity contribution < 1.29 is 9.31 Å². The van der Waals surface area contributed by atoms with Gasteiger partial charge >= 0.3 is 5.69 Å². The van der Waals surface area contributed by atoms with Crippen LogP contribution in [0, 0.1) is 15.9 Å². The zero-order valence-electron chi connectivity index (χ0n) is 11.6. The first-order chi connectivity index (χ1) is 9.63. The number of benzene rings is 1. The van der Waals surface area contributed by atoms with Gasteiger partial charge in [-0.2, -0.15) is 4.39 Å². The van der Waals surface area contributed by atoms with Gasteiger partial charge in [-0.05, 0) is 25.9 Å². The van der Waals surface area contributed by atoms with Gasteiger partial charge in [0.25, 0.3) is 0 Å². The SMILES string of the molecule is CCN1CCCC1CNCc1cccc([N+](=O)[O-])c1F. The van der Waals surface area contributed by atoms with Gasteiger partial charge in [0, 0.05) is 30.8 Å². The molecular weight excluding hydrogens is 261 g/mol. The Morgan fingerprint density at radius 3 is 3.05 bits per heavy atom. The Bertz CT molecular complexity index is 481. The number of nitrogens with one attached hydrogen (secondary N) is 1. The number of likely N-dealkylation sites (tertiary alicyclic amines) is 1. The molecule has 0 aliphatic carbocycles. The number of nitro groups is 1. The van der Waals surface area contributed by atoms with Gasteiger partial charge < -0.3 is 5.32 Å². The van der Waals surface area contributed by atoms with Crippen molar-refractivity contribution in [1.82, 2.24) is 10.2 Å². The lowest BCUT2D eigenvalue weighted by Crippen LogP contribution is -2.37. The number of hydrogen-bond donors (Lipinski definition) is 1. The molecule has 2 rings (SSSR count). The molecule has 1 saturated heterocycles. The summed E-state index contributed by atoms with van der Waals surface area (Å²) in [6.07, 6.45) is 2.35. The third-order valence-electron chi connectivity index (χ3n) is 3.86. The summed E-state index contributed by atoms with van der Waals surface area (Å²) in [4.78, 5) is 12.4. The zero-order chi connectivity index (χ0) is 14.5. The Morgan fingerprint density at radius 2 is 2.35 bits per heavy atom. The second-order valence-corrected chi connectivity index (χ2v) is 5.06. The molecule has 110 valence electrons. The maximum absolute atomic E-state index is 13.9. The summed E-state index contributed by atoms with van der Waals surface area (Å²) in [5.74, 6) is -0.733. The molecule has 0 aromatic heterocycles. The zero-order valence-corrected chi connectivity index (χ0v) is 11.6. The average Bonchev–Trinajstić information content (AvgIpc) is 2.88. The molecule has 0 radical (unpaired) electrons. The van der Waals surface area contributed by atoms with Gasteiger partial charge in [-0.25, -0.2) is 0 Å². The summed E-state index contributed by atoms with van der Waals surface area (Å²) in [6.45, 7) is 5.39. The molecule has 20 heavy (non-hydrogen) atoms. The van der Waals surface area contributed by atoms with Crippen molar-refractivity contribution in [3.8, 4) is 0 Å². The number of likely N-dealkylation sites (N-methyl/N-ethyl adjacent to an activating group) is 1. The molecule has 1 unspecified atom stereocenters. The summed E-state index contributed by atoms with van der Waals surface area (Å²) in [5.41, 5.74) is -0.111. The molecule has 0 saturated carbocycles. The predicted molar refractivity (Wildman–Crippen MR) is 75.0 cm³/mol. The van der Waals surface area contributed by atoms with Crippen molar-refractivity contribution in [3.05, 3.63) is 39.7 Å². The molecular formula is C14H20FN3O2. The van der Waals surface area contributed by atoms with Crippen molar-refractivity contribution in [2.24, 2.45) is 0 Å². The molecule has 0 amide bonds. The van der Waals surface area contributed by atoms with Gasteiger partial charge in [-0.1, -0.05) is 19.1 Å². The highest BCUT2D eigenvalue weighted by Crippen LogP contribution is 2.20. The fourth-order valence-corrected chi connectivity index (χ4v) is 2.76. The van der Waals surface area contributed by atoms with Gasteiger partial charge in [0.1, 0.15) is 0 Å². The topological polar surface area (TPSA) is 58.4 Å². The smallest absolute Gasteiger partial charge is 0.305 e. The number of halogens is 1. The van der Waals surface area contributed by atoms with Crippen LogP contribution in [-0.2, 0) is 6.54 Å². The molecule has 5 nitrogen and oxygen atoms in total. The van der Waals surface area contributed by atoms with E-state index in [4.69, 9.17) is 0 Å². The van der Waals surface area contributed by atoms with Gasteiger partial charge in [-0.15, -0.1) is 0 Å². The summed E-state index contributed by atoms with van der Waals surface area (Å²) >= 11 is 0. The molecule has 1 N–H and O–H groups in total. The van der Waals surface area contributed by atoms with Crippen LogP contribution < -0.4 is 5.32 Å². The van der Waals surface area contributed by atoms with Crippen LogP contribution in [0.4, 0.5) is 10.1 Å². The minimum atomic E-state index is -0.733. The minimum Gasteiger partial charge on any atom is -0.311 e. The van der Waals surface area contributed by atoms with Crippen LogP contribution in [-0.4, -0.2) is 35.5 Å². The highest BCUT2D eigenvalue weighted by Gasteiger charge is 2.22. The Kier molecular flexibility index (Phi) is 5.03. The van der Waals surface area contributed by atoms with E-state index in [0.717, 1.165) is 26.1 Å². The largest absolute Gasteiger partial charge is 0.311 e. The average molecular weight is 281 g/mol. The first-order valence-electron chi connectivity index (χ1n) is 7.00. The highest BCUT2D eigenvalue weighted by molar-refractivity contribution is 5.36. The molecule has 1 aliphatic rings. The van der Waals surface area contributed by atoms with Crippen molar-refractivity contribution >= 4 is 5.69 Å². The van der Waals surface area contributed by atoms with Crippen molar-refractivity contribution in [1.29, 1.82) is 0 Å². The summed E-state index contributed by atoms with van der Waals surface area (Å²) < 4.78 is 13.9. The van der Waals surface area contributed by atoms with E-state index in [-0.39, 0.29) is 0 Å². The Hall–Kier alpha value is -1.53. The van der Waals surface area contributed by atoms with E-state index in [2.05, 4.69) is 17.1 Å².